The Hall–Kier alpha value is -1.68. The number of Topliss-reactive ketones (excluding diaryl/α,β-unsaturated/α-hetero) is 1. The number of ether oxygens (including phenoxy) is 1. The van der Waals surface area contributed by atoms with Crippen LogP contribution in [0.3, 0.4) is 0 Å². The first-order chi connectivity index (χ1) is 9.70. The van der Waals surface area contributed by atoms with E-state index in [9.17, 15) is 9.59 Å². The Kier molecular flexibility index (Phi) is 5.30. The molecule has 0 saturated carbocycles. The van der Waals surface area contributed by atoms with Gasteiger partial charge >= 0.3 is 5.97 Å². The summed E-state index contributed by atoms with van der Waals surface area (Å²) in [5.41, 5.74) is 1.20. The highest BCUT2D eigenvalue weighted by atomic mass is 16.5. The Balaban J connectivity index is 1.93. The van der Waals surface area contributed by atoms with Crippen molar-refractivity contribution in [3.8, 4) is 0 Å². The minimum atomic E-state index is -0.413. The lowest BCUT2D eigenvalue weighted by atomic mass is 10.1. The van der Waals surface area contributed by atoms with Crippen LogP contribution in [0.25, 0.3) is 0 Å². The van der Waals surface area contributed by atoms with Crippen LogP contribution in [0.5, 0.6) is 0 Å². The first kappa shape index (κ1) is 14.7. The van der Waals surface area contributed by atoms with Gasteiger partial charge in [-0.3, -0.25) is 14.5 Å². The molecule has 1 saturated heterocycles. The number of hydrogen-bond donors (Lipinski definition) is 0. The first-order valence-electron chi connectivity index (χ1n) is 7.17. The molecule has 0 aliphatic carbocycles. The van der Waals surface area contributed by atoms with Crippen molar-refractivity contribution >= 4 is 11.8 Å². The van der Waals surface area contributed by atoms with E-state index in [1.807, 2.05) is 18.2 Å². The molecule has 0 N–H and O–H groups in total. The molecule has 2 rings (SSSR count). The van der Waals surface area contributed by atoms with Crippen LogP contribution in [0.15, 0.2) is 30.3 Å². The maximum Gasteiger partial charge on any atom is 0.313 e. The third kappa shape index (κ3) is 3.90. The average molecular weight is 275 g/mol. The number of likely N-dealkylation sites (tertiary alicyclic amines) is 1. The Morgan fingerprint density at radius 3 is 2.75 bits per heavy atom. The predicted molar refractivity (Wildman–Crippen MR) is 76.1 cm³/mol. The van der Waals surface area contributed by atoms with Crippen LogP contribution >= 0.6 is 0 Å². The molecular weight excluding hydrogens is 254 g/mol. The highest BCUT2D eigenvalue weighted by molar-refractivity contribution is 5.98. The van der Waals surface area contributed by atoms with Crippen LogP contribution in [-0.2, 0) is 20.9 Å². The number of hydrogen-bond acceptors (Lipinski definition) is 4. The van der Waals surface area contributed by atoms with E-state index >= 15 is 0 Å². The highest BCUT2D eigenvalue weighted by Crippen LogP contribution is 2.21. The minimum Gasteiger partial charge on any atom is -0.466 e. The van der Waals surface area contributed by atoms with Crippen molar-refractivity contribution in [2.75, 3.05) is 13.2 Å². The molecule has 1 aromatic rings. The molecule has 1 atom stereocenters. The summed E-state index contributed by atoms with van der Waals surface area (Å²) >= 11 is 0. The fraction of sp³-hybridized carbons (Fsp3) is 0.500. The van der Waals surface area contributed by atoms with Crippen LogP contribution in [-0.4, -0.2) is 35.8 Å². The quantitative estimate of drug-likeness (QED) is 0.589. The topological polar surface area (TPSA) is 46.6 Å². The van der Waals surface area contributed by atoms with Gasteiger partial charge in [0.05, 0.1) is 12.6 Å². The molecule has 108 valence electrons. The van der Waals surface area contributed by atoms with Crippen molar-refractivity contribution in [1.29, 1.82) is 0 Å². The first-order valence-corrected chi connectivity index (χ1v) is 7.17. The van der Waals surface area contributed by atoms with E-state index in [2.05, 4.69) is 17.0 Å². The van der Waals surface area contributed by atoms with Crippen LogP contribution in [0.4, 0.5) is 0 Å². The second-order valence-electron chi connectivity index (χ2n) is 5.06. The smallest absolute Gasteiger partial charge is 0.313 e. The molecule has 1 unspecified atom stereocenters. The van der Waals surface area contributed by atoms with Gasteiger partial charge in [0.1, 0.15) is 6.42 Å². The SMILES string of the molecule is CCOC(=O)CC(=O)C1CCCN1Cc1ccccc1. The molecule has 0 bridgehead atoms. The molecule has 4 nitrogen and oxygen atoms in total. The van der Waals surface area contributed by atoms with Crippen molar-refractivity contribution in [2.45, 2.75) is 38.8 Å². The fourth-order valence-corrected chi connectivity index (χ4v) is 2.67. The summed E-state index contributed by atoms with van der Waals surface area (Å²) in [6, 6.07) is 9.97. The second kappa shape index (κ2) is 7.20. The number of ketones is 1. The number of benzene rings is 1. The van der Waals surface area contributed by atoms with Crippen molar-refractivity contribution in [3.05, 3.63) is 35.9 Å². The molecule has 1 aromatic carbocycles. The molecule has 0 amide bonds. The van der Waals surface area contributed by atoms with E-state index in [-0.39, 0.29) is 18.2 Å². The molecule has 0 radical (unpaired) electrons. The molecular formula is C16H21NO3. The molecule has 4 heteroatoms. The van der Waals surface area contributed by atoms with Gasteiger partial charge < -0.3 is 4.74 Å². The second-order valence-corrected chi connectivity index (χ2v) is 5.06. The zero-order valence-electron chi connectivity index (χ0n) is 11.9. The van der Waals surface area contributed by atoms with Crippen LogP contribution in [0.1, 0.15) is 31.7 Å². The van der Waals surface area contributed by atoms with E-state index in [1.165, 1.54) is 5.56 Å². The maximum absolute atomic E-state index is 12.2. The monoisotopic (exact) mass is 275 g/mol. The summed E-state index contributed by atoms with van der Waals surface area (Å²) in [5, 5.41) is 0. The normalized spacial score (nSPS) is 18.9. The van der Waals surface area contributed by atoms with Gasteiger partial charge in [-0.05, 0) is 31.9 Å². The predicted octanol–water partition coefficient (Wildman–Crippen LogP) is 2.17. The standard InChI is InChI=1S/C16H21NO3/c1-2-20-16(19)11-15(18)14-9-6-10-17(14)12-13-7-4-3-5-8-13/h3-5,7-8,14H,2,6,9-12H2,1H3. The van der Waals surface area contributed by atoms with Crippen LogP contribution < -0.4 is 0 Å². The molecule has 20 heavy (non-hydrogen) atoms. The van der Waals surface area contributed by atoms with Gasteiger partial charge in [0.2, 0.25) is 0 Å². The molecule has 1 aliphatic rings. The number of nitrogens with zero attached hydrogens (tertiary/aromatic N) is 1. The Labute approximate surface area is 119 Å². The number of carbonyl (C=O) groups is 2. The third-order valence-electron chi connectivity index (χ3n) is 3.59. The number of carbonyl (C=O) groups excluding carboxylic acids is 2. The summed E-state index contributed by atoms with van der Waals surface area (Å²) in [6.07, 6.45) is 1.74. The van der Waals surface area contributed by atoms with Gasteiger partial charge in [0, 0.05) is 6.54 Å². The Morgan fingerprint density at radius 1 is 1.30 bits per heavy atom. The van der Waals surface area contributed by atoms with E-state index < -0.39 is 5.97 Å². The third-order valence-corrected chi connectivity index (χ3v) is 3.59. The lowest BCUT2D eigenvalue weighted by Gasteiger charge is -2.23. The Morgan fingerprint density at radius 2 is 2.05 bits per heavy atom. The molecule has 1 aliphatic heterocycles. The maximum atomic E-state index is 12.2. The van der Waals surface area contributed by atoms with Crippen molar-refractivity contribution in [1.82, 2.24) is 4.90 Å². The molecule has 1 heterocycles. The van der Waals surface area contributed by atoms with Gasteiger partial charge in [0.15, 0.2) is 5.78 Å². The zero-order chi connectivity index (χ0) is 14.4. The molecule has 0 aromatic heterocycles. The Bertz CT molecular complexity index is 458. The number of rotatable bonds is 6. The van der Waals surface area contributed by atoms with Gasteiger partial charge in [-0.15, -0.1) is 0 Å². The van der Waals surface area contributed by atoms with Gasteiger partial charge in [-0.2, -0.15) is 0 Å². The van der Waals surface area contributed by atoms with Gasteiger partial charge in [-0.25, -0.2) is 0 Å². The summed E-state index contributed by atoms with van der Waals surface area (Å²) in [7, 11) is 0. The van der Waals surface area contributed by atoms with E-state index in [0.29, 0.717) is 6.61 Å². The molecule has 1 fully saturated rings. The van der Waals surface area contributed by atoms with Crippen LogP contribution in [0, 0.1) is 0 Å². The minimum absolute atomic E-state index is 0.0168. The molecule has 0 spiro atoms. The fourth-order valence-electron chi connectivity index (χ4n) is 2.67. The largest absolute Gasteiger partial charge is 0.466 e. The van der Waals surface area contributed by atoms with Crippen LogP contribution in [0.2, 0.25) is 0 Å². The van der Waals surface area contributed by atoms with E-state index in [4.69, 9.17) is 4.74 Å². The van der Waals surface area contributed by atoms with Crippen molar-refractivity contribution in [3.63, 3.8) is 0 Å². The number of esters is 1. The summed E-state index contributed by atoms with van der Waals surface area (Å²) in [4.78, 5) is 25.8. The highest BCUT2D eigenvalue weighted by Gasteiger charge is 2.31. The van der Waals surface area contributed by atoms with E-state index in [1.54, 1.807) is 6.92 Å². The summed E-state index contributed by atoms with van der Waals surface area (Å²) < 4.78 is 4.85. The lowest BCUT2D eigenvalue weighted by molar-refractivity contribution is -0.146. The van der Waals surface area contributed by atoms with Crippen molar-refractivity contribution < 1.29 is 14.3 Å². The van der Waals surface area contributed by atoms with Crippen molar-refractivity contribution in [2.24, 2.45) is 0 Å². The van der Waals surface area contributed by atoms with Gasteiger partial charge in [-0.1, -0.05) is 30.3 Å². The summed E-state index contributed by atoms with van der Waals surface area (Å²) in [6.45, 7) is 3.75. The van der Waals surface area contributed by atoms with E-state index in [0.717, 1.165) is 25.9 Å². The summed E-state index contributed by atoms with van der Waals surface area (Å²) in [5.74, 6) is -0.430. The lowest BCUT2D eigenvalue weighted by Crippen LogP contribution is -2.36. The van der Waals surface area contributed by atoms with Gasteiger partial charge in [0.25, 0.3) is 0 Å². The zero-order valence-corrected chi connectivity index (χ0v) is 11.9. The average Bonchev–Trinajstić information content (AvgIpc) is 2.88.